The van der Waals surface area contributed by atoms with Crippen LogP contribution in [0.3, 0.4) is 0 Å². The molecule has 7 nitrogen and oxygen atoms in total. The van der Waals surface area contributed by atoms with E-state index in [1.54, 1.807) is 6.20 Å². The van der Waals surface area contributed by atoms with Crippen molar-refractivity contribution in [2.45, 2.75) is 38.2 Å². The number of hydrogen-bond acceptors (Lipinski definition) is 6. The second kappa shape index (κ2) is 6.84. The number of alkyl halides is 3. The molecule has 2 aliphatic heterocycles. The van der Waals surface area contributed by atoms with Crippen molar-refractivity contribution in [3.63, 3.8) is 0 Å². The first-order chi connectivity index (χ1) is 12.9. The number of H-pyrrole nitrogens is 1. The highest BCUT2D eigenvalue weighted by Gasteiger charge is 2.39. The molecule has 2 N–H and O–H groups in total. The number of piperidine rings is 1. The van der Waals surface area contributed by atoms with Crippen LogP contribution in [0.4, 0.5) is 18.9 Å². The summed E-state index contributed by atoms with van der Waals surface area (Å²) < 4.78 is 45.9. The number of halogens is 3. The average Bonchev–Trinajstić information content (AvgIpc) is 3.04. The summed E-state index contributed by atoms with van der Waals surface area (Å²) in [5, 5.41) is 8.64. The normalized spacial score (nSPS) is 17.8. The van der Waals surface area contributed by atoms with Gasteiger partial charge in [0, 0.05) is 6.54 Å². The molecule has 0 aliphatic carbocycles. The van der Waals surface area contributed by atoms with Crippen molar-refractivity contribution in [3.05, 3.63) is 45.6 Å². The van der Waals surface area contributed by atoms with Crippen LogP contribution < -0.4 is 20.5 Å². The van der Waals surface area contributed by atoms with Crippen LogP contribution in [0, 0.1) is 0 Å². The van der Waals surface area contributed by atoms with Gasteiger partial charge >= 0.3 is 6.18 Å². The molecule has 0 radical (unpaired) electrons. The minimum atomic E-state index is -4.77. The molecule has 0 aromatic carbocycles. The lowest BCUT2D eigenvalue weighted by atomic mass is 10.1. The summed E-state index contributed by atoms with van der Waals surface area (Å²) in [6.07, 6.45) is -0.226. The molecule has 0 bridgehead atoms. The Morgan fingerprint density at radius 3 is 2.70 bits per heavy atom. The number of ether oxygens (including phenoxy) is 1. The van der Waals surface area contributed by atoms with Gasteiger partial charge in [-0.3, -0.25) is 9.78 Å². The first-order valence-electron chi connectivity index (χ1n) is 8.67. The van der Waals surface area contributed by atoms with Crippen LogP contribution in [0.15, 0.2) is 23.3 Å². The summed E-state index contributed by atoms with van der Waals surface area (Å²) in [6, 6.07) is 1.82. The third-order valence-corrected chi connectivity index (χ3v) is 4.79. The van der Waals surface area contributed by atoms with E-state index in [4.69, 9.17) is 4.74 Å². The van der Waals surface area contributed by atoms with Crippen LogP contribution in [0.25, 0.3) is 0 Å². The zero-order chi connectivity index (χ0) is 19.0. The Kier molecular flexibility index (Phi) is 4.50. The van der Waals surface area contributed by atoms with Crippen molar-refractivity contribution in [1.29, 1.82) is 0 Å². The van der Waals surface area contributed by atoms with E-state index in [1.807, 2.05) is 11.2 Å². The zero-order valence-electron chi connectivity index (χ0n) is 14.3. The second-order valence-corrected chi connectivity index (χ2v) is 6.66. The molecule has 0 unspecified atom stereocenters. The summed E-state index contributed by atoms with van der Waals surface area (Å²) in [5.41, 5.74) is -1.28. The van der Waals surface area contributed by atoms with E-state index < -0.39 is 17.3 Å². The predicted molar refractivity (Wildman–Crippen MR) is 90.5 cm³/mol. The molecule has 0 saturated carbocycles. The Morgan fingerprint density at radius 1 is 1.19 bits per heavy atom. The van der Waals surface area contributed by atoms with Gasteiger partial charge in [-0.05, 0) is 37.6 Å². The summed E-state index contributed by atoms with van der Waals surface area (Å²) in [5.74, 6) is 0.613. The number of fused-ring (bicyclic) bond motifs is 1. The highest BCUT2D eigenvalue weighted by molar-refractivity contribution is 5.55. The Hall–Kier alpha value is -2.62. The molecule has 4 rings (SSSR count). The molecular formula is C17H18F3N5O2. The minimum absolute atomic E-state index is 0.109. The minimum Gasteiger partial charge on any atom is -0.489 e. The van der Waals surface area contributed by atoms with Crippen molar-refractivity contribution in [1.82, 2.24) is 20.5 Å². The van der Waals surface area contributed by atoms with Crippen LogP contribution in [-0.2, 0) is 19.3 Å². The third-order valence-electron chi connectivity index (χ3n) is 4.79. The van der Waals surface area contributed by atoms with Gasteiger partial charge in [0.25, 0.3) is 5.56 Å². The van der Waals surface area contributed by atoms with Crippen molar-refractivity contribution < 1.29 is 17.9 Å². The summed E-state index contributed by atoms with van der Waals surface area (Å²) >= 11 is 0. The maximum atomic E-state index is 13.3. The highest BCUT2D eigenvalue weighted by atomic mass is 19.4. The lowest BCUT2D eigenvalue weighted by molar-refractivity contribution is -0.138. The molecule has 2 aromatic rings. The molecule has 10 heteroatoms. The van der Waals surface area contributed by atoms with Gasteiger partial charge < -0.3 is 15.0 Å². The van der Waals surface area contributed by atoms with E-state index in [0.717, 1.165) is 37.7 Å². The van der Waals surface area contributed by atoms with Gasteiger partial charge in [-0.15, -0.1) is 0 Å². The van der Waals surface area contributed by atoms with Crippen LogP contribution in [-0.4, -0.2) is 34.4 Å². The van der Waals surface area contributed by atoms with Crippen LogP contribution >= 0.6 is 0 Å². The Bertz CT molecular complexity index is 893. The summed E-state index contributed by atoms with van der Waals surface area (Å²) in [4.78, 5) is 17.5. The van der Waals surface area contributed by atoms with Crippen molar-refractivity contribution >= 4 is 5.69 Å². The van der Waals surface area contributed by atoms with Gasteiger partial charge in [-0.1, -0.05) is 0 Å². The highest BCUT2D eigenvalue weighted by Crippen LogP contribution is 2.37. The van der Waals surface area contributed by atoms with E-state index in [9.17, 15) is 18.0 Å². The Labute approximate surface area is 152 Å². The molecule has 0 amide bonds. The number of hydrogen-bond donors (Lipinski definition) is 2. The van der Waals surface area contributed by atoms with Gasteiger partial charge in [0.05, 0.1) is 30.3 Å². The molecule has 4 heterocycles. The molecule has 2 aromatic heterocycles. The van der Waals surface area contributed by atoms with E-state index in [0.29, 0.717) is 11.4 Å². The zero-order valence-corrected chi connectivity index (χ0v) is 14.3. The van der Waals surface area contributed by atoms with Crippen LogP contribution in [0.2, 0.25) is 0 Å². The van der Waals surface area contributed by atoms with Crippen molar-refractivity contribution in [2.75, 3.05) is 18.0 Å². The van der Waals surface area contributed by atoms with Gasteiger partial charge in [-0.2, -0.15) is 18.3 Å². The fourth-order valence-electron chi connectivity index (χ4n) is 3.48. The summed E-state index contributed by atoms with van der Waals surface area (Å²) in [6.45, 7) is 2.18. The number of aromatic nitrogens is 3. The number of nitrogens with one attached hydrogen (secondary N) is 2. The molecule has 2 aliphatic rings. The number of aromatic amines is 1. The molecule has 1 fully saturated rings. The number of rotatable bonds is 3. The number of anilines is 1. The SMILES string of the molecule is O=c1[nH]ncc(N2Cc3cc(OC4CCNCC4)cnc3C2)c1C(F)(F)F. The van der Waals surface area contributed by atoms with Crippen molar-refractivity contribution in [2.24, 2.45) is 0 Å². The smallest absolute Gasteiger partial charge is 0.423 e. The number of pyridine rings is 1. The Morgan fingerprint density at radius 2 is 1.96 bits per heavy atom. The number of nitrogens with zero attached hydrogens (tertiary/aromatic N) is 3. The average molecular weight is 381 g/mol. The lowest BCUT2D eigenvalue weighted by Crippen LogP contribution is -2.34. The molecular weight excluding hydrogens is 363 g/mol. The summed E-state index contributed by atoms with van der Waals surface area (Å²) in [7, 11) is 0. The fraction of sp³-hybridized carbons (Fsp3) is 0.471. The molecule has 0 atom stereocenters. The lowest BCUT2D eigenvalue weighted by Gasteiger charge is -2.23. The third kappa shape index (κ3) is 3.61. The quantitative estimate of drug-likeness (QED) is 0.844. The van der Waals surface area contributed by atoms with Gasteiger partial charge in [0.1, 0.15) is 17.4 Å². The monoisotopic (exact) mass is 381 g/mol. The van der Waals surface area contributed by atoms with Gasteiger partial charge in [-0.25, -0.2) is 5.10 Å². The molecule has 0 spiro atoms. The fourth-order valence-corrected chi connectivity index (χ4v) is 3.48. The van der Waals surface area contributed by atoms with Crippen LogP contribution in [0.1, 0.15) is 29.7 Å². The van der Waals surface area contributed by atoms with Gasteiger partial charge in [0.15, 0.2) is 0 Å². The standard InChI is InChI=1S/C17H18F3N5O2/c18-17(19,20)15-14(7-23-24-16(15)26)25-8-10-5-12(6-22-13(10)9-25)27-11-1-3-21-4-2-11/h5-7,11,21H,1-4,8-9H2,(H,24,26). The van der Waals surface area contributed by atoms with E-state index >= 15 is 0 Å². The molecule has 1 saturated heterocycles. The maximum absolute atomic E-state index is 13.3. The first kappa shape index (κ1) is 17.8. The first-order valence-corrected chi connectivity index (χ1v) is 8.67. The molecule has 27 heavy (non-hydrogen) atoms. The maximum Gasteiger partial charge on any atom is 0.423 e. The second-order valence-electron chi connectivity index (χ2n) is 6.66. The molecule has 144 valence electrons. The van der Waals surface area contributed by atoms with Crippen molar-refractivity contribution in [3.8, 4) is 5.75 Å². The van der Waals surface area contributed by atoms with E-state index in [-0.39, 0.29) is 24.9 Å². The largest absolute Gasteiger partial charge is 0.489 e. The topological polar surface area (TPSA) is 83.1 Å². The Balaban J connectivity index is 1.57. The van der Waals surface area contributed by atoms with E-state index in [1.165, 1.54) is 4.90 Å². The van der Waals surface area contributed by atoms with Crippen LogP contribution in [0.5, 0.6) is 5.75 Å². The van der Waals surface area contributed by atoms with Gasteiger partial charge in [0.2, 0.25) is 0 Å². The van der Waals surface area contributed by atoms with E-state index in [2.05, 4.69) is 15.4 Å². The predicted octanol–water partition coefficient (Wildman–Crippen LogP) is 1.83.